The summed E-state index contributed by atoms with van der Waals surface area (Å²) in [6, 6.07) is 24.8. The smallest absolute Gasteiger partial charge is 0.236 e. The van der Waals surface area contributed by atoms with E-state index in [1.54, 1.807) is 12.4 Å². The molecule has 0 spiro atoms. The molecular weight excluding hydrogens is 566 g/mol. The van der Waals surface area contributed by atoms with Crippen molar-refractivity contribution in [1.29, 1.82) is 0 Å². The van der Waals surface area contributed by atoms with Gasteiger partial charge in [0.1, 0.15) is 21.9 Å². The summed E-state index contributed by atoms with van der Waals surface area (Å²) in [6.07, 6.45) is 3.54. The average molecular weight is 593 g/mol. The normalized spacial score (nSPS) is 13.9. The highest BCUT2D eigenvalue weighted by atomic mass is 79.9. The molecule has 40 heavy (non-hydrogen) atoms. The number of imidazole rings is 1. The van der Waals surface area contributed by atoms with Gasteiger partial charge in [-0.05, 0) is 39.2 Å². The van der Waals surface area contributed by atoms with Gasteiger partial charge in [0.05, 0.1) is 11.9 Å². The van der Waals surface area contributed by atoms with Gasteiger partial charge >= 0.3 is 0 Å². The minimum Gasteiger partial charge on any atom is -0.374 e. The molecule has 198 valence electrons. The maximum absolute atomic E-state index is 4.99. The minimum absolute atomic E-state index is 0.349. The Balaban J connectivity index is 1.11. The van der Waals surface area contributed by atoms with E-state index in [1.807, 2.05) is 47.8 Å². The van der Waals surface area contributed by atoms with Crippen LogP contribution in [-0.4, -0.2) is 59.6 Å². The third kappa shape index (κ3) is 4.44. The summed E-state index contributed by atoms with van der Waals surface area (Å²) in [6.45, 7) is 2.76. The van der Waals surface area contributed by atoms with E-state index in [2.05, 4.69) is 87.7 Å². The van der Waals surface area contributed by atoms with Gasteiger partial charge in [-0.1, -0.05) is 60.7 Å². The second-order valence-corrected chi connectivity index (χ2v) is 10.7. The minimum atomic E-state index is 0.349. The zero-order chi connectivity index (χ0) is 27.1. The zero-order valence-electron chi connectivity index (χ0n) is 21.8. The molecule has 0 radical (unpaired) electrons. The Bertz CT molecular complexity index is 1770. The summed E-state index contributed by atoms with van der Waals surface area (Å²) in [7, 11) is 1.93. The number of aromatic amines is 1. The lowest BCUT2D eigenvalue weighted by Crippen LogP contribution is -2.44. The fourth-order valence-corrected chi connectivity index (χ4v) is 5.71. The molecule has 9 nitrogen and oxygen atoms in total. The topological polar surface area (TPSA) is 99.9 Å². The SMILES string of the molecule is CNc1c(-c2ccccc2)c(-c2ccc(CN3CC(c4nc(-c5ccccn5)n[nH]4)C3)cc2)nc2ncc(Br)n12. The number of nitrogens with one attached hydrogen (secondary N) is 2. The van der Waals surface area contributed by atoms with Crippen LogP contribution in [0.5, 0.6) is 0 Å². The van der Waals surface area contributed by atoms with Crippen molar-refractivity contribution in [2.45, 2.75) is 12.5 Å². The van der Waals surface area contributed by atoms with Crippen LogP contribution >= 0.6 is 15.9 Å². The molecule has 0 unspecified atom stereocenters. The monoisotopic (exact) mass is 591 g/mol. The Hall–Kier alpha value is -4.41. The number of halogens is 1. The Labute approximate surface area is 239 Å². The summed E-state index contributed by atoms with van der Waals surface area (Å²) < 4.78 is 2.85. The van der Waals surface area contributed by atoms with Crippen LogP contribution in [0.2, 0.25) is 0 Å². The number of benzene rings is 2. The first-order valence-electron chi connectivity index (χ1n) is 13.1. The van der Waals surface area contributed by atoms with E-state index in [1.165, 1.54) is 5.56 Å². The van der Waals surface area contributed by atoms with Crippen LogP contribution < -0.4 is 5.32 Å². The largest absolute Gasteiger partial charge is 0.374 e. The molecule has 1 aliphatic heterocycles. The molecule has 6 aromatic rings. The number of H-pyrrole nitrogens is 1. The lowest BCUT2D eigenvalue weighted by atomic mass is 9.97. The van der Waals surface area contributed by atoms with Gasteiger partial charge in [-0.15, -0.1) is 0 Å². The summed E-state index contributed by atoms with van der Waals surface area (Å²) >= 11 is 3.63. The van der Waals surface area contributed by atoms with E-state index < -0.39 is 0 Å². The molecular formula is C30H26BrN9. The van der Waals surface area contributed by atoms with Gasteiger partial charge in [0.15, 0.2) is 5.82 Å². The second-order valence-electron chi connectivity index (χ2n) is 9.86. The van der Waals surface area contributed by atoms with Crippen molar-refractivity contribution < 1.29 is 0 Å². The second kappa shape index (κ2) is 10.3. The fraction of sp³-hybridized carbons (Fsp3) is 0.167. The van der Waals surface area contributed by atoms with E-state index in [4.69, 9.17) is 4.98 Å². The number of likely N-dealkylation sites (tertiary alicyclic amines) is 1. The first kappa shape index (κ1) is 24.6. The molecule has 0 bridgehead atoms. The molecule has 5 heterocycles. The molecule has 7 rings (SSSR count). The quantitative estimate of drug-likeness (QED) is 0.247. The van der Waals surface area contributed by atoms with Crippen LogP contribution in [0.3, 0.4) is 0 Å². The van der Waals surface area contributed by atoms with Gasteiger partial charge in [-0.2, -0.15) is 5.10 Å². The van der Waals surface area contributed by atoms with Crippen molar-refractivity contribution in [3.63, 3.8) is 0 Å². The Kier molecular flexibility index (Phi) is 6.33. The van der Waals surface area contributed by atoms with Gasteiger partial charge in [0.25, 0.3) is 0 Å². The van der Waals surface area contributed by atoms with Gasteiger partial charge in [-0.25, -0.2) is 15.0 Å². The maximum Gasteiger partial charge on any atom is 0.236 e. The number of fused-ring (bicyclic) bond motifs is 1. The van der Waals surface area contributed by atoms with Crippen LogP contribution in [0.25, 0.3) is 39.7 Å². The van der Waals surface area contributed by atoms with Gasteiger partial charge < -0.3 is 5.32 Å². The lowest BCUT2D eigenvalue weighted by Gasteiger charge is -2.38. The van der Waals surface area contributed by atoms with Crippen LogP contribution in [0.4, 0.5) is 5.82 Å². The summed E-state index contributed by atoms with van der Waals surface area (Å²) in [5, 5.41) is 10.9. The highest BCUT2D eigenvalue weighted by Gasteiger charge is 2.31. The standard InChI is InChI=1S/C30H26BrN9/c1-32-29-25(20-7-3-2-4-8-20)26(35-30-34-15-24(31)40(29)30)21-12-10-19(11-13-21)16-39-17-22(18-39)27-36-28(38-37-27)23-9-5-6-14-33-23/h2-15,22,32H,16-18H2,1H3,(H,36,37,38). The van der Waals surface area contributed by atoms with Crippen molar-refractivity contribution in [1.82, 2.24) is 39.4 Å². The predicted molar refractivity (Wildman–Crippen MR) is 159 cm³/mol. The van der Waals surface area contributed by atoms with Crippen LogP contribution in [0.15, 0.2) is 89.8 Å². The van der Waals surface area contributed by atoms with Gasteiger partial charge in [0, 0.05) is 49.9 Å². The van der Waals surface area contributed by atoms with Crippen molar-refractivity contribution in [2.24, 2.45) is 0 Å². The highest BCUT2D eigenvalue weighted by molar-refractivity contribution is 9.10. The summed E-state index contributed by atoms with van der Waals surface area (Å²) in [5.74, 6) is 3.50. The van der Waals surface area contributed by atoms with Gasteiger partial charge in [-0.3, -0.25) is 19.4 Å². The van der Waals surface area contributed by atoms with E-state index in [9.17, 15) is 0 Å². The van der Waals surface area contributed by atoms with E-state index in [0.717, 1.165) is 64.0 Å². The molecule has 10 heteroatoms. The van der Waals surface area contributed by atoms with E-state index in [-0.39, 0.29) is 0 Å². The average Bonchev–Trinajstić information content (AvgIpc) is 3.62. The number of nitrogens with zero attached hydrogens (tertiary/aromatic N) is 7. The Morgan fingerprint density at radius 3 is 2.48 bits per heavy atom. The molecule has 1 aliphatic rings. The lowest BCUT2D eigenvalue weighted by molar-refractivity contribution is 0.135. The number of hydrogen-bond acceptors (Lipinski definition) is 7. The van der Waals surface area contributed by atoms with Crippen LogP contribution in [-0.2, 0) is 6.54 Å². The molecule has 2 N–H and O–H groups in total. The number of aromatic nitrogens is 7. The maximum atomic E-state index is 4.99. The molecule has 1 saturated heterocycles. The third-order valence-corrected chi connectivity index (χ3v) is 7.84. The molecule has 1 fully saturated rings. The Morgan fingerprint density at radius 2 is 1.73 bits per heavy atom. The molecule has 0 amide bonds. The Morgan fingerprint density at radius 1 is 0.925 bits per heavy atom. The van der Waals surface area contributed by atoms with Crippen LogP contribution in [0.1, 0.15) is 17.3 Å². The molecule has 0 aliphatic carbocycles. The summed E-state index contributed by atoms with van der Waals surface area (Å²) in [4.78, 5) is 20.9. The van der Waals surface area contributed by atoms with E-state index >= 15 is 0 Å². The summed E-state index contributed by atoms with van der Waals surface area (Å²) in [5.41, 5.74) is 6.11. The van der Waals surface area contributed by atoms with E-state index in [0.29, 0.717) is 17.5 Å². The first-order valence-corrected chi connectivity index (χ1v) is 13.9. The number of anilines is 1. The fourth-order valence-electron chi connectivity index (χ4n) is 5.28. The third-order valence-electron chi connectivity index (χ3n) is 7.28. The first-order chi connectivity index (χ1) is 19.7. The van der Waals surface area contributed by atoms with Crippen LogP contribution in [0, 0.1) is 0 Å². The molecule has 0 saturated carbocycles. The molecule has 2 aromatic carbocycles. The number of hydrogen-bond donors (Lipinski definition) is 2. The molecule has 0 atom stereocenters. The van der Waals surface area contributed by atoms with Gasteiger partial charge in [0.2, 0.25) is 5.78 Å². The predicted octanol–water partition coefficient (Wildman–Crippen LogP) is 5.65. The van der Waals surface area contributed by atoms with Crippen molar-refractivity contribution in [3.05, 3.63) is 101 Å². The number of rotatable bonds is 7. The number of pyridine rings is 1. The zero-order valence-corrected chi connectivity index (χ0v) is 23.4. The van der Waals surface area contributed by atoms with Crippen molar-refractivity contribution >= 4 is 27.5 Å². The highest BCUT2D eigenvalue weighted by Crippen LogP contribution is 2.38. The van der Waals surface area contributed by atoms with Crippen molar-refractivity contribution in [2.75, 3.05) is 25.5 Å². The molecule has 4 aromatic heterocycles. The van der Waals surface area contributed by atoms with Crippen molar-refractivity contribution in [3.8, 4) is 33.9 Å².